The van der Waals surface area contributed by atoms with Crippen LogP contribution in [0, 0.1) is 0 Å². The van der Waals surface area contributed by atoms with Crippen molar-refractivity contribution in [3.05, 3.63) is 47.8 Å². The molecular formula is C24H34N6O2. The summed E-state index contributed by atoms with van der Waals surface area (Å²) in [5, 5.41) is 2.05. The smallest absolute Gasteiger partial charge is 0.201 e. The maximum atomic E-state index is 5.73. The summed E-state index contributed by atoms with van der Waals surface area (Å²) in [6.07, 6.45) is 1.33. The number of aromatic nitrogens is 2. The maximum absolute atomic E-state index is 5.73. The second-order valence-corrected chi connectivity index (χ2v) is 7.38. The van der Waals surface area contributed by atoms with Gasteiger partial charge in [0.05, 0.1) is 29.0 Å². The quantitative estimate of drug-likeness (QED) is 0.239. The summed E-state index contributed by atoms with van der Waals surface area (Å²) in [5.74, 6) is 0. The topological polar surface area (TPSA) is 112 Å². The van der Waals surface area contributed by atoms with Crippen LogP contribution in [0.5, 0.6) is 0 Å². The number of nitrogens with two attached hydrogens (primary N) is 2. The molecule has 0 fully saturated rings. The molecule has 0 saturated carbocycles. The standard InChI is InChI=1S/C24H34N6O2/c1-3-31-24(32-4-2)21-10-8-19-6-5-18-7-9-20(28-22(18)23(19)29-21)17-27-13-16-30(14-11-25)15-12-26/h5-10,17,24H,3-4,11-16,25-26H2,1-2H3. The third-order valence-electron chi connectivity index (χ3n) is 5.10. The fourth-order valence-electron chi connectivity index (χ4n) is 3.58. The highest BCUT2D eigenvalue weighted by atomic mass is 16.7. The predicted molar refractivity (Wildman–Crippen MR) is 130 cm³/mol. The van der Waals surface area contributed by atoms with E-state index in [1.807, 2.05) is 38.3 Å². The van der Waals surface area contributed by atoms with Gasteiger partial charge < -0.3 is 20.9 Å². The summed E-state index contributed by atoms with van der Waals surface area (Å²) >= 11 is 0. The molecule has 8 nitrogen and oxygen atoms in total. The first-order valence-corrected chi connectivity index (χ1v) is 11.3. The van der Waals surface area contributed by atoms with Gasteiger partial charge in [0.2, 0.25) is 6.29 Å². The number of pyridine rings is 2. The van der Waals surface area contributed by atoms with Crippen molar-refractivity contribution in [3.8, 4) is 0 Å². The largest absolute Gasteiger partial charge is 0.347 e. The Morgan fingerprint density at radius 1 is 0.875 bits per heavy atom. The zero-order valence-electron chi connectivity index (χ0n) is 19.0. The number of hydrogen-bond donors (Lipinski definition) is 2. The lowest BCUT2D eigenvalue weighted by Gasteiger charge is -2.19. The predicted octanol–water partition coefficient (Wildman–Crippen LogP) is 2.49. The molecule has 8 heteroatoms. The Morgan fingerprint density at radius 2 is 1.47 bits per heavy atom. The number of fused-ring (bicyclic) bond motifs is 3. The molecule has 2 aromatic heterocycles. The van der Waals surface area contributed by atoms with E-state index >= 15 is 0 Å². The minimum atomic E-state index is -0.487. The summed E-state index contributed by atoms with van der Waals surface area (Å²) in [7, 11) is 0. The van der Waals surface area contributed by atoms with Crippen LogP contribution in [0.1, 0.15) is 31.5 Å². The monoisotopic (exact) mass is 438 g/mol. The Balaban J connectivity index is 1.85. The molecule has 0 aliphatic heterocycles. The zero-order valence-corrected chi connectivity index (χ0v) is 19.0. The molecule has 0 bridgehead atoms. The summed E-state index contributed by atoms with van der Waals surface area (Å²) in [4.78, 5) is 16.5. The summed E-state index contributed by atoms with van der Waals surface area (Å²) in [6.45, 7) is 9.36. The highest BCUT2D eigenvalue weighted by Gasteiger charge is 2.15. The molecule has 0 radical (unpaired) electrons. The van der Waals surface area contributed by atoms with Gasteiger partial charge in [0.25, 0.3) is 0 Å². The van der Waals surface area contributed by atoms with E-state index in [-0.39, 0.29) is 0 Å². The van der Waals surface area contributed by atoms with Gasteiger partial charge in [0.15, 0.2) is 0 Å². The van der Waals surface area contributed by atoms with E-state index < -0.39 is 6.29 Å². The van der Waals surface area contributed by atoms with Gasteiger partial charge in [-0.15, -0.1) is 0 Å². The van der Waals surface area contributed by atoms with Crippen molar-refractivity contribution >= 4 is 28.0 Å². The Labute approximate surface area is 189 Å². The molecule has 4 N–H and O–H groups in total. The van der Waals surface area contributed by atoms with Gasteiger partial charge in [-0.2, -0.15) is 0 Å². The number of benzene rings is 1. The lowest BCUT2D eigenvalue weighted by Crippen LogP contribution is -2.35. The van der Waals surface area contributed by atoms with E-state index in [9.17, 15) is 0 Å². The van der Waals surface area contributed by atoms with Crippen LogP contribution in [-0.2, 0) is 9.47 Å². The molecule has 2 heterocycles. The fraction of sp³-hybridized carbons (Fsp3) is 0.458. The summed E-state index contributed by atoms with van der Waals surface area (Å²) in [5.41, 5.74) is 14.5. The maximum Gasteiger partial charge on any atom is 0.201 e. The normalized spacial score (nSPS) is 12.2. The molecule has 0 atom stereocenters. The number of nitrogens with zero attached hydrogens (tertiary/aromatic N) is 4. The van der Waals surface area contributed by atoms with Crippen molar-refractivity contribution in [2.24, 2.45) is 16.5 Å². The van der Waals surface area contributed by atoms with Crippen molar-refractivity contribution in [1.29, 1.82) is 0 Å². The highest BCUT2D eigenvalue weighted by Crippen LogP contribution is 2.26. The molecular weight excluding hydrogens is 404 g/mol. The minimum Gasteiger partial charge on any atom is -0.347 e. The van der Waals surface area contributed by atoms with Crippen LogP contribution in [0.4, 0.5) is 0 Å². The summed E-state index contributed by atoms with van der Waals surface area (Å²) < 4.78 is 11.5. The lowest BCUT2D eigenvalue weighted by molar-refractivity contribution is -0.142. The fourth-order valence-corrected chi connectivity index (χ4v) is 3.58. The minimum absolute atomic E-state index is 0.487. The van der Waals surface area contributed by atoms with E-state index in [0.717, 1.165) is 52.8 Å². The van der Waals surface area contributed by atoms with E-state index in [4.69, 9.17) is 30.9 Å². The number of hydrogen-bond acceptors (Lipinski definition) is 8. The van der Waals surface area contributed by atoms with E-state index in [1.54, 1.807) is 0 Å². The van der Waals surface area contributed by atoms with Crippen LogP contribution in [0.15, 0.2) is 41.4 Å². The molecule has 32 heavy (non-hydrogen) atoms. The van der Waals surface area contributed by atoms with Gasteiger partial charge in [-0.1, -0.05) is 24.3 Å². The van der Waals surface area contributed by atoms with Crippen molar-refractivity contribution < 1.29 is 9.47 Å². The average molecular weight is 439 g/mol. The van der Waals surface area contributed by atoms with Crippen molar-refractivity contribution in [1.82, 2.24) is 14.9 Å². The zero-order chi connectivity index (χ0) is 22.8. The van der Waals surface area contributed by atoms with Crippen LogP contribution in [0.3, 0.4) is 0 Å². The summed E-state index contributed by atoms with van der Waals surface area (Å²) in [6, 6.07) is 12.1. The van der Waals surface area contributed by atoms with E-state index in [1.165, 1.54) is 0 Å². The first kappa shape index (κ1) is 24.2. The van der Waals surface area contributed by atoms with E-state index in [0.29, 0.717) is 32.8 Å². The SMILES string of the molecule is CCOC(OCC)c1ccc2ccc3ccc(C=NCCN(CCN)CCN)nc3c2n1. The second kappa shape index (κ2) is 12.5. The third-order valence-corrected chi connectivity index (χ3v) is 5.10. The van der Waals surface area contributed by atoms with Gasteiger partial charge >= 0.3 is 0 Å². The number of ether oxygens (including phenoxy) is 2. The van der Waals surface area contributed by atoms with Crippen LogP contribution < -0.4 is 11.5 Å². The Morgan fingerprint density at radius 3 is 2.09 bits per heavy atom. The Hall–Kier alpha value is -2.49. The molecule has 0 saturated heterocycles. The molecule has 0 unspecified atom stereocenters. The van der Waals surface area contributed by atoms with Gasteiger partial charge in [0, 0.05) is 62.9 Å². The van der Waals surface area contributed by atoms with Crippen molar-refractivity contribution in [2.75, 3.05) is 52.5 Å². The second-order valence-electron chi connectivity index (χ2n) is 7.38. The first-order chi connectivity index (χ1) is 15.7. The lowest BCUT2D eigenvalue weighted by atomic mass is 10.1. The molecule has 3 aromatic rings. The van der Waals surface area contributed by atoms with Crippen LogP contribution in [0.25, 0.3) is 21.8 Å². The number of aliphatic imine (C=N–C) groups is 1. The Bertz CT molecular complexity index is 1010. The molecule has 0 amide bonds. The molecule has 0 aliphatic rings. The Kier molecular flexibility index (Phi) is 9.45. The average Bonchev–Trinajstić information content (AvgIpc) is 2.81. The van der Waals surface area contributed by atoms with Crippen LogP contribution in [0.2, 0.25) is 0 Å². The van der Waals surface area contributed by atoms with Gasteiger partial charge in [0.1, 0.15) is 0 Å². The van der Waals surface area contributed by atoms with Gasteiger partial charge in [-0.25, -0.2) is 9.97 Å². The molecule has 0 spiro atoms. The third kappa shape index (κ3) is 6.27. The first-order valence-electron chi connectivity index (χ1n) is 11.3. The van der Waals surface area contributed by atoms with E-state index in [2.05, 4.69) is 28.1 Å². The van der Waals surface area contributed by atoms with Crippen molar-refractivity contribution in [2.45, 2.75) is 20.1 Å². The van der Waals surface area contributed by atoms with Crippen LogP contribution >= 0.6 is 0 Å². The number of rotatable bonds is 13. The van der Waals surface area contributed by atoms with Crippen LogP contribution in [-0.4, -0.2) is 73.6 Å². The molecule has 172 valence electrons. The van der Waals surface area contributed by atoms with Gasteiger partial charge in [-0.3, -0.25) is 9.89 Å². The molecule has 1 aromatic carbocycles. The molecule has 3 rings (SSSR count). The highest BCUT2D eigenvalue weighted by molar-refractivity contribution is 6.03. The van der Waals surface area contributed by atoms with Gasteiger partial charge in [-0.05, 0) is 26.0 Å². The van der Waals surface area contributed by atoms with Crippen molar-refractivity contribution in [3.63, 3.8) is 0 Å². The molecule has 0 aliphatic carbocycles.